The standard InChI is InChI=1S/C22H32N4O4/c1-25-20(14-19(24-25)18-13-17(29-3)5-6-21(18)30-4)22(27)23-15-16-7-9-26(10-8-16)11-12-28-2/h5-6,13-14,16H,7-12,15H2,1-4H3,(H,23,27). The Kier molecular flexibility index (Phi) is 7.70. The number of carbonyl (C=O) groups is 1. The van der Waals surface area contributed by atoms with Crippen LogP contribution in [0.5, 0.6) is 11.5 Å². The summed E-state index contributed by atoms with van der Waals surface area (Å²) in [4.78, 5) is 15.2. The lowest BCUT2D eigenvalue weighted by molar-refractivity contribution is 0.0917. The summed E-state index contributed by atoms with van der Waals surface area (Å²) in [7, 11) is 6.74. The SMILES string of the molecule is COCCN1CCC(CNC(=O)c2cc(-c3cc(OC)ccc3OC)nn2C)CC1. The van der Waals surface area contributed by atoms with Gasteiger partial charge in [-0.05, 0) is 56.1 Å². The molecule has 1 aliphatic rings. The van der Waals surface area contributed by atoms with Gasteiger partial charge in [-0.15, -0.1) is 0 Å². The number of hydrogen-bond acceptors (Lipinski definition) is 6. The Balaban J connectivity index is 1.61. The quantitative estimate of drug-likeness (QED) is 0.675. The summed E-state index contributed by atoms with van der Waals surface area (Å²) < 4.78 is 17.5. The Morgan fingerprint density at radius 3 is 2.60 bits per heavy atom. The number of rotatable bonds is 9. The predicted molar refractivity (Wildman–Crippen MR) is 115 cm³/mol. The monoisotopic (exact) mass is 416 g/mol. The van der Waals surface area contributed by atoms with E-state index in [1.807, 2.05) is 18.2 Å². The Bertz CT molecular complexity index is 844. The lowest BCUT2D eigenvalue weighted by atomic mass is 9.97. The van der Waals surface area contributed by atoms with Crippen LogP contribution in [0.15, 0.2) is 24.3 Å². The first kappa shape index (κ1) is 22.1. The number of nitrogens with one attached hydrogen (secondary N) is 1. The van der Waals surface area contributed by atoms with Crippen molar-refractivity contribution >= 4 is 5.91 Å². The van der Waals surface area contributed by atoms with Crippen molar-refractivity contribution in [2.24, 2.45) is 13.0 Å². The van der Waals surface area contributed by atoms with Crippen LogP contribution in [0.2, 0.25) is 0 Å². The largest absolute Gasteiger partial charge is 0.497 e. The Hall–Kier alpha value is -2.58. The second-order valence-corrected chi connectivity index (χ2v) is 7.59. The fourth-order valence-electron chi connectivity index (χ4n) is 3.79. The molecule has 0 bridgehead atoms. The highest BCUT2D eigenvalue weighted by molar-refractivity contribution is 5.94. The van der Waals surface area contributed by atoms with Crippen LogP contribution in [-0.2, 0) is 11.8 Å². The second-order valence-electron chi connectivity index (χ2n) is 7.59. The average Bonchev–Trinajstić information content (AvgIpc) is 3.17. The van der Waals surface area contributed by atoms with Crippen LogP contribution in [0.4, 0.5) is 0 Å². The van der Waals surface area contributed by atoms with Crippen molar-refractivity contribution in [2.45, 2.75) is 12.8 Å². The molecule has 0 unspecified atom stereocenters. The minimum Gasteiger partial charge on any atom is -0.497 e. The van der Waals surface area contributed by atoms with Crippen molar-refractivity contribution in [3.63, 3.8) is 0 Å². The number of methoxy groups -OCH3 is 3. The molecule has 1 saturated heterocycles. The summed E-state index contributed by atoms with van der Waals surface area (Å²) in [6.07, 6.45) is 2.17. The van der Waals surface area contributed by atoms with Gasteiger partial charge in [-0.1, -0.05) is 0 Å². The smallest absolute Gasteiger partial charge is 0.269 e. The molecule has 0 radical (unpaired) electrons. The van der Waals surface area contributed by atoms with E-state index in [0.29, 0.717) is 35.3 Å². The lowest BCUT2D eigenvalue weighted by Crippen LogP contribution is -2.40. The first-order valence-corrected chi connectivity index (χ1v) is 10.3. The van der Waals surface area contributed by atoms with Crippen molar-refractivity contribution in [1.29, 1.82) is 0 Å². The third-order valence-corrected chi connectivity index (χ3v) is 5.67. The van der Waals surface area contributed by atoms with E-state index in [2.05, 4.69) is 15.3 Å². The molecule has 2 heterocycles. The molecule has 1 amide bonds. The van der Waals surface area contributed by atoms with Gasteiger partial charge in [0.1, 0.15) is 17.2 Å². The third kappa shape index (κ3) is 5.31. The summed E-state index contributed by atoms with van der Waals surface area (Å²) >= 11 is 0. The maximum atomic E-state index is 12.8. The van der Waals surface area contributed by atoms with Gasteiger partial charge in [0.2, 0.25) is 0 Å². The van der Waals surface area contributed by atoms with Gasteiger partial charge < -0.3 is 24.4 Å². The zero-order chi connectivity index (χ0) is 21.5. The number of nitrogens with zero attached hydrogens (tertiary/aromatic N) is 3. The van der Waals surface area contributed by atoms with Crippen LogP contribution in [0, 0.1) is 5.92 Å². The van der Waals surface area contributed by atoms with Gasteiger partial charge in [-0.25, -0.2) is 0 Å². The van der Waals surface area contributed by atoms with Crippen molar-refractivity contribution in [3.05, 3.63) is 30.0 Å². The molecule has 0 spiro atoms. The molecule has 0 saturated carbocycles. The number of ether oxygens (including phenoxy) is 3. The maximum Gasteiger partial charge on any atom is 0.269 e. The van der Waals surface area contributed by atoms with Gasteiger partial charge in [-0.3, -0.25) is 9.48 Å². The van der Waals surface area contributed by atoms with Crippen LogP contribution in [0.3, 0.4) is 0 Å². The topological polar surface area (TPSA) is 77.8 Å². The Morgan fingerprint density at radius 1 is 1.17 bits per heavy atom. The summed E-state index contributed by atoms with van der Waals surface area (Å²) in [5, 5.41) is 7.61. The van der Waals surface area contributed by atoms with Crippen LogP contribution in [0.1, 0.15) is 23.3 Å². The summed E-state index contributed by atoms with van der Waals surface area (Å²) in [6.45, 7) is 4.52. The van der Waals surface area contributed by atoms with Gasteiger partial charge >= 0.3 is 0 Å². The zero-order valence-electron chi connectivity index (χ0n) is 18.3. The number of hydrogen-bond donors (Lipinski definition) is 1. The van der Waals surface area contributed by atoms with Crippen LogP contribution in [0.25, 0.3) is 11.3 Å². The van der Waals surface area contributed by atoms with Crippen LogP contribution < -0.4 is 14.8 Å². The molecular formula is C22H32N4O4. The first-order valence-electron chi connectivity index (χ1n) is 10.3. The van der Waals surface area contributed by atoms with Gasteiger partial charge in [0.25, 0.3) is 5.91 Å². The molecule has 0 atom stereocenters. The maximum absolute atomic E-state index is 12.8. The molecular weight excluding hydrogens is 384 g/mol. The Morgan fingerprint density at radius 2 is 1.93 bits per heavy atom. The van der Waals surface area contributed by atoms with E-state index >= 15 is 0 Å². The summed E-state index contributed by atoms with van der Waals surface area (Å²) in [5.41, 5.74) is 1.98. The lowest BCUT2D eigenvalue weighted by Gasteiger charge is -2.31. The predicted octanol–water partition coefficient (Wildman–Crippen LogP) is 2.19. The number of aromatic nitrogens is 2. The molecule has 2 aromatic rings. The first-order chi connectivity index (χ1) is 14.5. The second kappa shape index (κ2) is 10.4. The molecule has 8 nitrogen and oxygen atoms in total. The van der Waals surface area contributed by atoms with Gasteiger partial charge in [-0.2, -0.15) is 5.10 Å². The number of carbonyl (C=O) groups excluding carboxylic acids is 1. The minimum atomic E-state index is -0.111. The van der Waals surface area contributed by atoms with E-state index in [4.69, 9.17) is 14.2 Å². The van der Waals surface area contributed by atoms with Gasteiger partial charge in [0.05, 0.1) is 26.5 Å². The van der Waals surface area contributed by atoms with Crippen molar-refractivity contribution in [1.82, 2.24) is 20.0 Å². The fourth-order valence-corrected chi connectivity index (χ4v) is 3.79. The molecule has 0 aliphatic carbocycles. The van der Waals surface area contributed by atoms with Crippen molar-refractivity contribution < 1.29 is 19.0 Å². The highest BCUT2D eigenvalue weighted by Gasteiger charge is 2.21. The van der Waals surface area contributed by atoms with E-state index in [-0.39, 0.29) is 5.91 Å². The third-order valence-electron chi connectivity index (χ3n) is 5.67. The number of benzene rings is 1. The average molecular weight is 417 g/mol. The highest BCUT2D eigenvalue weighted by Crippen LogP contribution is 2.33. The molecule has 1 aromatic heterocycles. The van der Waals surface area contributed by atoms with E-state index < -0.39 is 0 Å². The number of amides is 1. The summed E-state index contributed by atoms with van der Waals surface area (Å²) in [6, 6.07) is 7.32. The van der Waals surface area contributed by atoms with Crippen LogP contribution >= 0.6 is 0 Å². The van der Waals surface area contributed by atoms with E-state index in [1.54, 1.807) is 39.1 Å². The number of likely N-dealkylation sites (tertiary alicyclic amines) is 1. The molecule has 1 aromatic carbocycles. The normalized spacial score (nSPS) is 15.2. The van der Waals surface area contributed by atoms with Crippen molar-refractivity contribution in [2.75, 3.05) is 54.1 Å². The van der Waals surface area contributed by atoms with Crippen LogP contribution in [-0.4, -0.2) is 74.7 Å². The molecule has 1 fully saturated rings. The fraction of sp³-hybridized carbons (Fsp3) is 0.545. The van der Waals surface area contributed by atoms with Gasteiger partial charge in [0.15, 0.2) is 0 Å². The molecule has 164 valence electrons. The Labute approximate surface area is 178 Å². The number of aryl methyl sites for hydroxylation is 1. The minimum absolute atomic E-state index is 0.111. The molecule has 1 aliphatic heterocycles. The van der Waals surface area contributed by atoms with Crippen molar-refractivity contribution in [3.8, 4) is 22.8 Å². The summed E-state index contributed by atoms with van der Waals surface area (Å²) in [5.74, 6) is 1.78. The molecule has 8 heteroatoms. The number of piperidine rings is 1. The van der Waals surface area contributed by atoms with Gasteiger partial charge in [0, 0.05) is 32.8 Å². The van der Waals surface area contributed by atoms with E-state index in [1.165, 1.54) is 0 Å². The molecule has 3 rings (SSSR count). The zero-order valence-corrected chi connectivity index (χ0v) is 18.3. The molecule has 30 heavy (non-hydrogen) atoms. The highest BCUT2D eigenvalue weighted by atomic mass is 16.5. The van der Waals surface area contributed by atoms with E-state index in [0.717, 1.165) is 44.6 Å². The van der Waals surface area contributed by atoms with E-state index in [9.17, 15) is 4.79 Å². The molecule has 1 N–H and O–H groups in total.